The summed E-state index contributed by atoms with van der Waals surface area (Å²) < 4.78 is 0. The smallest absolute Gasteiger partial charge is 0.0120 e. The van der Waals surface area contributed by atoms with E-state index in [4.69, 9.17) is 0 Å². The third-order valence-electron chi connectivity index (χ3n) is 5.95. The minimum absolute atomic E-state index is 0.907. The summed E-state index contributed by atoms with van der Waals surface area (Å²) in [4.78, 5) is 5.52. The van der Waals surface area contributed by atoms with Crippen LogP contribution >= 0.6 is 0 Å². The molecule has 0 amide bonds. The average Bonchev–Trinajstić information content (AvgIpc) is 2.57. The first kappa shape index (κ1) is 15.8. The predicted octanol–water partition coefficient (Wildman–Crippen LogP) is 2.72. The molecule has 3 nitrogen and oxygen atoms in total. The van der Waals surface area contributed by atoms with Gasteiger partial charge in [0.15, 0.2) is 0 Å². The molecule has 3 saturated heterocycles. The van der Waals surface area contributed by atoms with E-state index >= 15 is 0 Å². The van der Waals surface area contributed by atoms with Gasteiger partial charge in [-0.2, -0.15) is 0 Å². The van der Waals surface area contributed by atoms with Gasteiger partial charge in [0.2, 0.25) is 0 Å². The summed E-state index contributed by atoms with van der Waals surface area (Å²) in [6, 6.07) is 0.907. The number of nitrogens with zero attached hydrogens (tertiary/aromatic N) is 2. The maximum absolute atomic E-state index is 3.55. The van der Waals surface area contributed by atoms with Gasteiger partial charge in [0.05, 0.1) is 0 Å². The molecule has 0 aromatic heterocycles. The number of hydrogen-bond acceptors (Lipinski definition) is 3. The van der Waals surface area contributed by atoms with Gasteiger partial charge in [0.1, 0.15) is 0 Å². The lowest BCUT2D eigenvalue weighted by atomic mass is 9.94. The van der Waals surface area contributed by atoms with Crippen LogP contribution in [-0.2, 0) is 0 Å². The van der Waals surface area contributed by atoms with Crippen molar-refractivity contribution in [2.75, 3.05) is 45.8 Å². The molecule has 0 aromatic carbocycles. The van der Waals surface area contributed by atoms with Crippen molar-refractivity contribution >= 4 is 0 Å². The average molecular weight is 293 g/mol. The maximum Gasteiger partial charge on any atom is 0.0120 e. The molecule has 3 heteroatoms. The summed E-state index contributed by atoms with van der Waals surface area (Å²) in [5.41, 5.74) is 0. The summed E-state index contributed by atoms with van der Waals surface area (Å²) in [6.45, 7) is 9.33. The lowest BCUT2D eigenvalue weighted by molar-refractivity contribution is 0.0911. The fourth-order valence-electron chi connectivity index (χ4n) is 4.57. The molecule has 1 N–H and O–H groups in total. The fourth-order valence-corrected chi connectivity index (χ4v) is 4.57. The van der Waals surface area contributed by atoms with Gasteiger partial charge in [-0.15, -0.1) is 0 Å². The summed E-state index contributed by atoms with van der Waals surface area (Å²) >= 11 is 0. The van der Waals surface area contributed by atoms with Crippen molar-refractivity contribution in [2.24, 2.45) is 5.92 Å². The van der Waals surface area contributed by atoms with Crippen molar-refractivity contribution in [3.63, 3.8) is 0 Å². The Labute approximate surface area is 131 Å². The Morgan fingerprint density at radius 2 is 1.67 bits per heavy atom. The zero-order chi connectivity index (χ0) is 14.3. The second kappa shape index (κ2) is 8.50. The van der Waals surface area contributed by atoms with Crippen LogP contribution in [0, 0.1) is 5.92 Å². The standard InChI is InChI=1S/C18H35N3/c1-2-12-21(13-3-1)18-8-14-20(15-9-18)11-5-7-17-6-4-10-19-16-17/h17-19H,1-16H2. The molecule has 3 aliphatic heterocycles. The van der Waals surface area contributed by atoms with Crippen LogP contribution in [0.3, 0.4) is 0 Å². The zero-order valence-electron chi connectivity index (χ0n) is 13.9. The highest BCUT2D eigenvalue weighted by molar-refractivity contribution is 4.81. The summed E-state index contributed by atoms with van der Waals surface area (Å²) in [6.07, 6.45) is 12.9. The molecule has 3 aliphatic rings. The molecular formula is C18H35N3. The predicted molar refractivity (Wildman–Crippen MR) is 89.7 cm³/mol. The van der Waals surface area contributed by atoms with Crippen LogP contribution in [0.5, 0.6) is 0 Å². The third kappa shape index (κ3) is 4.94. The SMILES string of the molecule is C1CCN(C2CCN(CCCC3CCCNC3)CC2)CC1. The lowest BCUT2D eigenvalue weighted by Crippen LogP contribution is -2.46. The Morgan fingerprint density at radius 1 is 0.857 bits per heavy atom. The van der Waals surface area contributed by atoms with E-state index in [1.54, 1.807) is 0 Å². The molecule has 21 heavy (non-hydrogen) atoms. The maximum atomic E-state index is 3.55. The van der Waals surface area contributed by atoms with Gasteiger partial charge in [-0.3, -0.25) is 0 Å². The molecule has 1 unspecified atom stereocenters. The van der Waals surface area contributed by atoms with Crippen LogP contribution in [0.4, 0.5) is 0 Å². The number of nitrogens with one attached hydrogen (secondary N) is 1. The molecule has 0 radical (unpaired) electrons. The van der Waals surface area contributed by atoms with Crippen molar-refractivity contribution in [1.29, 1.82) is 0 Å². The normalized spacial score (nSPS) is 30.6. The largest absolute Gasteiger partial charge is 0.316 e. The Morgan fingerprint density at radius 3 is 2.38 bits per heavy atom. The van der Waals surface area contributed by atoms with Gasteiger partial charge in [-0.05, 0) is 103 Å². The van der Waals surface area contributed by atoms with E-state index in [2.05, 4.69) is 15.1 Å². The number of likely N-dealkylation sites (tertiary alicyclic amines) is 2. The first-order valence-electron chi connectivity index (χ1n) is 9.59. The molecule has 1 atom stereocenters. The monoisotopic (exact) mass is 293 g/mol. The van der Waals surface area contributed by atoms with Crippen LogP contribution in [0.15, 0.2) is 0 Å². The topological polar surface area (TPSA) is 18.5 Å². The van der Waals surface area contributed by atoms with Crippen LogP contribution < -0.4 is 5.32 Å². The fraction of sp³-hybridized carbons (Fsp3) is 1.00. The molecular weight excluding hydrogens is 258 g/mol. The Bertz CT molecular complexity index is 271. The number of piperidine rings is 3. The van der Waals surface area contributed by atoms with E-state index in [1.165, 1.54) is 104 Å². The highest BCUT2D eigenvalue weighted by Gasteiger charge is 2.25. The van der Waals surface area contributed by atoms with Crippen LogP contribution in [0.1, 0.15) is 57.8 Å². The van der Waals surface area contributed by atoms with E-state index < -0.39 is 0 Å². The summed E-state index contributed by atoms with van der Waals surface area (Å²) in [5.74, 6) is 0.963. The van der Waals surface area contributed by atoms with Crippen molar-refractivity contribution in [1.82, 2.24) is 15.1 Å². The van der Waals surface area contributed by atoms with Crippen molar-refractivity contribution < 1.29 is 0 Å². The minimum Gasteiger partial charge on any atom is -0.316 e. The van der Waals surface area contributed by atoms with E-state index in [1.807, 2.05) is 0 Å². The van der Waals surface area contributed by atoms with Crippen LogP contribution in [-0.4, -0.2) is 61.7 Å². The van der Waals surface area contributed by atoms with Crippen LogP contribution in [0.25, 0.3) is 0 Å². The molecule has 0 bridgehead atoms. The van der Waals surface area contributed by atoms with Crippen molar-refractivity contribution in [3.05, 3.63) is 0 Å². The Hall–Kier alpha value is -0.120. The number of hydrogen-bond donors (Lipinski definition) is 1. The quantitative estimate of drug-likeness (QED) is 0.841. The molecule has 122 valence electrons. The third-order valence-corrected chi connectivity index (χ3v) is 5.95. The van der Waals surface area contributed by atoms with E-state index in [0.29, 0.717) is 0 Å². The van der Waals surface area contributed by atoms with Gasteiger partial charge < -0.3 is 15.1 Å². The van der Waals surface area contributed by atoms with E-state index in [0.717, 1.165) is 12.0 Å². The van der Waals surface area contributed by atoms with Gasteiger partial charge in [-0.1, -0.05) is 6.42 Å². The lowest BCUT2D eigenvalue weighted by Gasteiger charge is -2.40. The summed E-state index contributed by atoms with van der Waals surface area (Å²) in [7, 11) is 0. The summed E-state index contributed by atoms with van der Waals surface area (Å²) in [5, 5.41) is 3.55. The molecule has 3 rings (SSSR count). The van der Waals surface area contributed by atoms with E-state index in [9.17, 15) is 0 Å². The molecule has 0 aliphatic carbocycles. The van der Waals surface area contributed by atoms with Gasteiger partial charge >= 0.3 is 0 Å². The first-order valence-corrected chi connectivity index (χ1v) is 9.59. The molecule has 3 heterocycles. The highest BCUT2D eigenvalue weighted by atomic mass is 15.2. The van der Waals surface area contributed by atoms with Gasteiger partial charge in [0.25, 0.3) is 0 Å². The van der Waals surface area contributed by atoms with Gasteiger partial charge in [-0.25, -0.2) is 0 Å². The Balaban J connectivity index is 1.28. The van der Waals surface area contributed by atoms with Gasteiger partial charge in [0, 0.05) is 6.04 Å². The molecule has 0 spiro atoms. The zero-order valence-corrected chi connectivity index (χ0v) is 13.9. The second-order valence-corrected chi connectivity index (χ2v) is 7.52. The molecule has 0 saturated carbocycles. The molecule has 3 fully saturated rings. The van der Waals surface area contributed by atoms with Crippen molar-refractivity contribution in [3.8, 4) is 0 Å². The van der Waals surface area contributed by atoms with E-state index in [-0.39, 0.29) is 0 Å². The van der Waals surface area contributed by atoms with Crippen LogP contribution in [0.2, 0.25) is 0 Å². The highest BCUT2D eigenvalue weighted by Crippen LogP contribution is 2.22. The second-order valence-electron chi connectivity index (χ2n) is 7.52. The van der Waals surface area contributed by atoms with Crippen molar-refractivity contribution in [2.45, 2.75) is 63.8 Å². The Kier molecular flexibility index (Phi) is 6.38. The minimum atomic E-state index is 0.907. The first-order chi connectivity index (χ1) is 10.4. The number of rotatable bonds is 5. The molecule has 0 aromatic rings.